The second-order valence-corrected chi connectivity index (χ2v) is 9.12. The number of thiophene rings is 1. The van der Waals surface area contributed by atoms with E-state index in [1.165, 1.54) is 43.9 Å². The maximum Gasteiger partial charge on any atom is 0.287 e. The van der Waals surface area contributed by atoms with Crippen molar-refractivity contribution in [1.82, 2.24) is 14.5 Å². The second-order valence-electron chi connectivity index (χ2n) is 8.24. The van der Waals surface area contributed by atoms with Crippen LogP contribution in [0.4, 0.5) is 0 Å². The van der Waals surface area contributed by atoms with E-state index >= 15 is 0 Å². The van der Waals surface area contributed by atoms with Gasteiger partial charge >= 0.3 is 0 Å². The Bertz CT molecular complexity index is 1260. The summed E-state index contributed by atoms with van der Waals surface area (Å²) in [5.74, 6) is 1.62. The van der Waals surface area contributed by atoms with Gasteiger partial charge in [0.1, 0.15) is 10.5 Å². The summed E-state index contributed by atoms with van der Waals surface area (Å²) in [5, 5.41) is 2.28. The van der Waals surface area contributed by atoms with Crippen LogP contribution in [0.15, 0.2) is 24.0 Å². The first-order valence-electron chi connectivity index (χ1n) is 9.81. The average Bonchev–Trinajstić information content (AvgIpc) is 3.31. The molecule has 1 aliphatic heterocycles. The fourth-order valence-corrected chi connectivity index (χ4v) is 5.70. The van der Waals surface area contributed by atoms with Gasteiger partial charge in [-0.25, -0.2) is 9.55 Å². The van der Waals surface area contributed by atoms with Crippen LogP contribution in [0, 0.1) is 20.8 Å². The lowest BCUT2D eigenvalue weighted by molar-refractivity contribution is -0.662. The fourth-order valence-electron chi connectivity index (χ4n) is 4.43. The maximum atomic E-state index is 4.77. The van der Waals surface area contributed by atoms with Crippen molar-refractivity contribution < 1.29 is 4.57 Å². The molecule has 5 heteroatoms. The lowest BCUT2D eigenvalue weighted by Crippen LogP contribution is -2.31. The molecule has 0 N–H and O–H groups in total. The Kier molecular flexibility index (Phi) is 3.75. The minimum Gasteiger partial charge on any atom is -0.303 e. The van der Waals surface area contributed by atoms with Crippen molar-refractivity contribution in [3.05, 3.63) is 57.7 Å². The van der Waals surface area contributed by atoms with Gasteiger partial charge in [-0.2, -0.15) is 0 Å². The SMILES string of the molecule is Cc1cn2c(n1)Cc1c-2cc(-c2c3scc(C(C)C)c3nc[n+]2C)c(C)c1C. The highest BCUT2D eigenvalue weighted by Gasteiger charge is 2.28. The molecule has 4 aromatic rings. The van der Waals surface area contributed by atoms with Crippen molar-refractivity contribution in [2.75, 3.05) is 0 Å². The fraction of sp³-hybridized carbons (Fsp3) is 0.348. The van der Waals surface area contributed by atoms with Gasteiger partial charge in [-0.05, 0) is 59.8 Å². The van der Waals surface area contributed by atoms with Crippen LogP contribution >= 0.6 is 11.3 Å². The first-order chi connectivity index (χ1) is 13.4. The molecule has 1 aliphatic rings. The van der Waals surface area contributed by atoms with Gasteiger partial charge in [0.05, 0.1) is 18.4 Å². The van der Waals surface area contributed by atoms with E-state index in [0.29, 0.717) is 5.92 Å². The molecule has 0 bridgehead atoms. The molecule has 0 fully saturated rings. The van der Waals surface area contributed by atoms with Crippen LogP contribution in [0.1, 0.15) is 53.5 Å². The van der Waals surface area contributed by atoms with Crippen LogP contribution < -0.4 is 4.57 Å². The Morgan fingerprint density at radius 1 is 1.18 bits per heavy atom. The minimum absolute atomic E-state index is 0.473. The van der Waals surface area contributed by atoms with E-state index in [9.17, 15) is 0 Å². The minimum atomic E-state index is 0.473. The zero-order valence-corrected chi connectivity index (χ0v) is 18.1. The molecule has 4 nitrogen and oxygen atoms in total. The number of hydrogen-bond acceptors (Lipinski definition) is 3. The van der Waals surface area contributed by atoms with Crippen molar-refractivity contribution in [1.29, 1.82) is 0 Å². The van der Waals surface area contributed by atoms with E-state index in [0.717, 1.165) is 23.5 Å². The number of imidazole rings is 1. The van der Waals surface area contributed by atoms with E-state index in [4.69, 9.17) is 9.97 Å². The third-order valence-electron chi connectivity index (χ3n) is 6.10. The van der Waals surface area contributed by atoms with Crippen molar-refractivity contribution in [2.24, 2.45) is 7.05 Å². The largest absolute Gasteiger partial charge is 0.303 e. The highest BCUT2D eigenvalue weighted by atomic mass is 32.1. The molecule has 142 valence electrons. The Balaban J connectivity index is 1.82. The molecule has 0 amide bonds. The summed E-state index contributed by atoms with van der Waals surface area (Å²) in [5.41, 5.74) is 11.5. The molecule has 0 unspecified atom stereocenters. The van der Waals surface area contributed by atoms with Gasteiger partial charge in [0.2, 0.25) is 5.52 Å². The van der Waals surface area contributed by atoms with Crippen LogP contribution in [0.2, 0.25) is 0 Å². The number of fused-ring (bicyclic) bond motifs is 4. The monoisotopic (exact) mass is 389 g/mol. The number of hydrogen-bond donors (Lipinski definition) is 0. The smallest absolute Gasteiger partial charge is 0.287 e. The topological polar surface area (TPSA) is 34.6 Å². The van der Waals surface area contributed by atoms with E-state index < -0.39 is 0 Å². The Hall–Kier alpha value is -2.53. The standard InChI is InChI=1S/C23H25N4S/c1-12(2)18-10-28-23-21(18)24-11-26(6)22(23)17-7-19-16(14(4)15(17)5)8-20-25-13(3)9-27(19)20/h7,9-12H,8H2,1-6H3/q+1. The average molecular weight is 390 g/mol. The zero-order valence-electron chi connectivity index (χ0n) is 17.3. The quantitative estimate of drug-likeness (QED) is 0.401. The number of aryl methyl sites for hydroxylation is 2. The Labute approximate surface area is 169 Å². The van der Waals surface area contributed by atoms with Crippen LogP contribution in [0.3, 0.4) is 0 Å². The van der Waals surface area contributed by atoms with E-state index in [1.807, 2.05) is 17.7 Å². The van der Waals surface area contributed by atoms with Crippen molar-refractivity contribution >= 4 is 21.6 Å². The van der Waals surface area contributed by atoms with Gasteiger partial charge in [-0.1, -0.05) is 13.8 Å². The van der Waals surface area contributed by atoms with Gasteiger partial charge in [0, 0.05) is 23.7 Å². The molecule has 28 heavy (non-hydrogen) atoms. The van der Waals surface area contributed by atoms with E-state index in [1.54, 1.807) is 0 Å². The first kappa shape index (κ1) is 17.6. The molecule has 0 spiro atoms. The molecule has 4 heterocycles. The van der Waals surface area contributed by atoms with Crippen LogP contribution in [-0.2, 0) is 13.5 Å². The third-order valence-corrected chi connectivity index (χ3v) is 7.09. The first-order valence-corrected chi connectivity index (χ1v) is 10.7. The molecule has 0 saturated carbocycles. The number of nitrogens with zero attached hydrogens (tertiary/aromatic N) is 4. The number of benzene rings is 1. The molecule has 0 atom stereocenters. The predicted octanol–water partition coefficient (Wildman–Crippen LogP) is 4.93. The van der Waals surface area contributed by atoms with Crippen LogP contribution in [0.5, 0.6) is 0 Å². The lowest BCUT2D eigenvalue weighted by Gasteiger charge is -2.15. The third kappa shape index (κ3) is 2.32. The summed E-state index contributed by atoms with van der Waals surface area (Å²) in [6.07, 6.45) is 5.04. The molecule has 0 aliphatic carbocycles. The summed E-state index contributed by atoms with van der Waals surface area (Å²) in [7, 11) is 2.10. The van der Waals surface area contributed by atoms with Crippen LogP contribution in [-0.4, -0.2) is 14.5 Å². The van der Waals surface area contributed by atoms with Crippen molar-refractivity contribution in [3.8, 4) is 16.9 Å². The summed E-state index contributed by atoms with van der Waals surface area (Å²) in [6, 6.07) is 2.36. The molecular weight excluding hydrogens is 364 g/mol. The van der Waals surface area contributed by atoms with E-state index in [-0.39, 0.29) is 0 Å². The van der Waals surface area contributed by atoms with Gasteiger partial charge < -0.3 is 4.57 Å². The highest BCUT2D eigenvalue weighted by molar-refractivity contribution is 7.17. The predicted molar refractivity (Wildman–Crippen MR) is 114 cm³/mol. The van der Waals surface area contributed by atoms with Gasteiger partial charge in [-0.3, -0.25) is 0 Å². The van der Waals surface area contributed by atoms with E-state index in [2.05, 4.69) is 68.4 Å². The summed E-state index contributed by atoms with van der Waals surface area (Å²) in [4.78, 5) is 9.49. The molecular formula is C23H25N4S+. The van der Waals surface area contributed by atoms with Crippen molar-refractivity contribution in [2.45, 2.75) is 47.0 Å². The maximum absolute atomic E-state index is 4.77. The lowest BCUT2D eigenvalue weighted by atomic mass is 9.93. The molecule has 3 aromatic heterocycles. The Morgan fingerprint density at radius 3 is 2.71 bits per heavy atom. The zero-order chi connectivity index (χ0) is 19.7. The number of rotatable bonds is 2. The highest BCUT2D eigenvalue weighted by Crippen LogP contribution is 2.40. The molecule has 5 rings (SSSR count). The Morgan fingerprint density at radius 2 is 1.96 bits per heavy atom. The van der Waals surface area contributed by atoms with Crippen LogP contribution in [0.25, 0.3) is 27.2 Å². The number of aromatic nitrogens is 4. The molecule has 1 aromatic carbocycles. The van der Waals surface area contributed by atoms with Gasteiger partial charge in [0.15, 0.2) is 5.69 Å². The van der Waals surface area contributed by atoms with Gasteiger partial charge in [0.25, 0.3) is 6.33 Å². The summed E-state index contributed by atoms with van der Waals surface area (Å²) < 4.78 is 5.72. The molecule has 0 saturated heterocycles. The summed E-state index contributed by atoms with van der Waals surface area (Å²) in [6.45, 7) is 11.1. The normalized spacial score (nSPS) is 12.8. The van der Waals surface area contributed by atoms with Gasteiger partial charge in [-0.15, -0.1) is 11.3 Å². The van der Waals surface area contributed by atoms with Crippen molar-refractivity contribution in [3.63, 3.8) is 0 Å². The molecule has 0 radical (unpaired) electrons. The summed E-state index contributed by atoms with van der Waals surface area (Å²) >= 11 is 1.81. The second kappa shape index (κ2) is 5.98.